The monoisotopic (exact) mass is 274 g/mol. The van der Waals surface area contributed by atoms with E-state index in [4.69, 9.17) is 5.11 Å². The lowest BCUT2D eigenvalue weighted by molar-refractivity contribution is 0.283. The summed E-state index contributed by atoms with van der Waals surface area (Å²) < 4.78 is 14.0. The summed E-state index contributed by atoms with van der Waals surface area (Å²) in [5.74, 6) is -0.224. The van der Waals surface area contributed by atoms with Crippen LogP contribution in [-0.2, 0) is 11.9 Å². The van der Waals surface area contributed by atoms with E-state index < -0.39 is 0 Å². The van der Waals surface area contributed by atoms with Crippen molar-refractivity contribution < 1.29 is 9.50 Å². The van der Waals surface area contributed by atoms with E-state index in [1.807, 2.05) is 5.38 Å². The number of thiophene rings is 1. The normalized spacial score (nSPS) is 11.1. The first-order valence-electron chi connectivity index (χ1n) is 4.11. The third-order valence-electron chi connectivity index (χ3n) is 2.11. The molecule has 0 atom stereocenters. The van der Waals surface area contributed by atoms with Crippen LogP contribution in [0.2, 0.25) is 0 Å². The topological polar surface area (TPSA) is 20.2 Å². The Morgan fingerprint density at radius 1 is 1.36 bits per heavy atom. The second-order valence-electron chi connectivity index (χ2n) is 2.99. The molecule has 0 bridgehead atoms. The van der Waals surface area contributed by atoms with Crippen molar-refractivity contribution >= 4 is 37.4 Å². The SMILES string of the molecule is OCc1csc2cc(F)cc(CBr)c12. The van der Waals surface area contributed by atoms with Crippen molar-refractivity contribution in [3.05, 3.63) is 34.5 Å². The van der Waals surface area contributed by atoms with Crippen LogP contribution in [0.4, 0.5) is 4.39 Å². The Labute approximate surface area is 93.3 Å². The van der Waals surface area contributed by atoms with Gasteiger partial charge in [0.05, 0.1) is 6.61 Å². The van der Waals surface area contributed by atoms with Crippen molar-refractivity contribution in [3.63, 3.8) is 0 Å². The van der Waals surface area contributed by atoms with Crippen molar-refractivity contribution in [1.82, 2.24) is 0 Å². The van der Waals surface area contributed by atoms with Gasteiger partial charge in [-0.3, -0.25) is 0 Å². The predicted molar refractivity (Wildman–Crippen MR) is 60.3 cm³/mol. The third-order valence-corrected chi connectivity index (χ3v) is 3.69. The molecule has 4 heteroatoms. The molecule has 1 aromatic heterocycles. The van der Waals surface area contributed by atoms with Crippen LogP contribution in [0.15, 0.2) is 17.5 Å². The van der Waals surface area contributed by atoms with Gasteiger partial charge in [-0.05, 0) is 28.6 Å². The van der Waals surface area contributed by atoms with E-state index in [1.165, 1.54) is 23.5 Å². The van der Waals surface area contributed by atoms with E-state index in [0.29, 0.717) is 5.33 Å². The van der Waals surface area contributed by atoms with Crippen LogP contribution in [0.5, 0.6) is 0 Å². The predicted octanol–water partition coefficient (Wildman–Crippen LogP) is 3.43. The molecule has 0 radical (unpaired) electrons. The molecule has 14 heavy (non-hydrogen) atoms. The largest absolute Gasteiger partial charge is 0.392 e. The van der Waals surface area contributed by atoms with E-state index in [9.17, 15) is 4.39 Å². The van der Waals surface area contributed by atoms with Crippen molar-refractivity contribution in [2.75, 3.05) is 0 Å². The number of hydrogen-bond acceptors (Lipinski definition) is 2. The van der Waals surface area contributed by atoms with E-state index in [0.717, 1.165) is 21.2 Å². The van der Waals surface area contributed by atoms with Crippen LogP contribution in [0, 0.1) is 5.82 Å². The maximum Gasteiger partial charge on any atom is 0.124 e. The summed E-state index contributed by atoms with van der Waals surface area (Å²) in [6.45, 7) is 0.00559. The summed E-state index contributed by atoms with van der Waals surface area (Å²) in [4.78, 5) is 0. The number of alkyl halides is 1. The Kier molecular flexibility index (Phi) is 2.85. The molecule has 1 N–H and O–H groups in total. The van der Waals surface area contributed by atoms with E-state index in [-0.39, 0.29) is 12.4 Å². The van der Waals surface area contributed by atoms with E-state index in [2.05, 4.69) is 15.9 Å². The molecule has 1 heterocycles. The third kappa shape index (κ3) is 1.58. The van der Waals surface area contributed by atoms with E-state index in [1.54, 1.807) is 0 Å². The summed E-state index contributed by atoms with van der Waals surface area (Å²) in [5, 5.41) is 12.6. The number of rotatable bonds is 2. The molecule has 0 unspecified atom stereocenters. The molecule has 0 spiro atoms. The first-order valence-corrected chi connectivity index (χ1v) is 6.11. The minimum atomic E-state index is -0.224. The quantitative estimate of drug-likeness (QED) is 0.832. The number of aliphatic hydroxyl groups is 1. The number of fused-ring (bicyclic) bond motifs is 1. The van der Waals surface area contributed by atoms with Gasteiger partial charge in [-0.2, -0.15) is 0 Å². The van der Waals surface area contributed by atoms with Gasteiger partial charge >= 0.3 is 0 Å². The fourth-order valence-corrected chi connectivity index (χ4v) is 2.97. The molecule has 74 valence electrons. The van der Waals surface area contributed by atoms with Gasteiger partial charge in [-0.1, -0.05) is 15.9 Å². The molecule has 0 amide bonds. The molecule has 2 aromatic rings. The van der Waals surface area contributed by atoms with Crippen LogP contribution < -0.4 is 0 Å². The second kappa shape index (κ2) is 3.96. The second-order valence-corrected chi connectivity index (χ2v) is 4.46. The fourth-order valence-electron chi connectivity index (χ4n) is 1.51. The Bertz CT molecular complexity index is 466. The molecule has 2 rings (SSSR count). The lowest BCUT2D eigenvalue weighted by Gasteiger charge is -2.01. The molecular formula is C10H8BrFOS. The average Bonchev–Trinajstić information content (AvgIpc) is 2.59. The standard InChI is InChI=1S/C10H8BrFOS/c11-3-6-1-8(12)2-9-10(6)7(4-13)5-14-9/h1-2,5,13H,3-4H2. The Morgan fingerprint density at radius 3 is 2.79 bits per heavy atom. The molecule has 0 saturated heterocycles. The highest BCUT2D eigenvalue weighted by atomic mass is 79.9. The van der Waals surface area contributed by atoms with Gasteiger partial charge in [-0.25, -0.2) is 4.39 Å². The maximum absolute atomic E-state index is 13.1. The highest BCUT2D eigenvalue weighted by Crippen LogP contribution is 2.31. The minimum absolute atomic E-state index is 0.00559. The van der Waals surface area contributed by atoms with Crippen LogP contribution in [0.25, 0.3) is 10.1 Å². The molecule has 0 fully saturated rings. The smallest absolute Gasteiger partial charge is 0.124 e. The maximum atomic E-state index is 13.1. The number of aliphatic hydroxyl groups excluding tert-OH is 1. The highest BCUT2D eigenvalue weighted by molar-refractivity contribution is 9.08. The van der Waals surface area contributed by atoms with Crippen LogP contribution >= 0.6 is 27.3 Å². The number of halogens is 2. The molecule has 1 nitrogen and oxygen atoms in total. The zero-order valence-electron chi connectivity index (χ0n) is 7.26. The van der Waals surface area contributed by atoms with Crippen LogP contribution in [-0.4, -0.2) is 5.11 Å². The van der Waals surface area contributed by atoms with Crippen LogP contribution in [0.1, 0.15) is 11.1 Å². The lowest BCUT2D eigenvalue weighted by atomic mass is 10.1. The van der Waals surface area contributed by atoms with Gasteiger partial charge in [0.2, 0.25) is 0 Å². The zero-order valence-corrected chi connectivity index (χ0v) is 9.66. The highest BCUT2D eigenvalue weighted by Gasteiger charge is 2.09. The van der Waals surface area contributed by atoms with Crippen molar-refractivity contribution in [1.29, 1.82) is 0 Å². The van der Waals surface area contributed by atoms with Gasteiger partial charge in [0.1, 0.15) is 5.82 Å². The Hall–Kier alpha value is -0.450. The van der Waals surface area contributed by atoms with Gasteiger partial charge in [0, 0.05) is 15.4 Å². The summed E-state index contributed by atoms with van der Waals surface area (Å²) in [7, 11) is 0. The molecule has 1 aromatic carbocycles. The van der Waals surface area contributed by atoms with Gasteiger partial charge in [0.15, 0.2) is 0 Å². The summed E-state index contributed by atoms with van der Waals surface area (Å²) in [6, 6.07) is 3.01. The molecule has 0 aliphatic carbocycles. The average molecular weight is 275 g/mol. The summed E-state index contributed by atoms with van der Waals surface area (Å²) >= 11 is 4.78. The van der Waals surface area contributed by atoms with Crippen molar-refractivity contribution in [2.24, 2.45) is 0 Å². The van der Waals surface area contributed by atoms with Gasteiger partial charge in [0.25, 0.3) is 0 Å². The Morgan fingerprint density at radius 2 is 2.14 bits per heavy atom. The molecular weight excluding hydrogens is 267 g/mol. The molecule has 0 aliphatic heterocycles. The van der Waals surface area contributed by atoms with E-state index >= 15 is 0 Å². The first-order chi connectivity index (χ1) is 6.76. The zero-order chi connectivity index (χ0) is 10.1. The first kappa shape index (κ1) is 10.1. The number of benzene rings is 1. The van der Waals surface area contributed by atoms with Crippen molar-refractivity contribution in [2.45, 2.75) is 11.9 Å². The van der Waals surface area contributed by atoms with Gasteiger partial charge in [-0.15, -0.1) is 11.3 Å². The lowest BCUT2D eigenvalue weighted by Crippen LogP contribution is -1.86. The molecule has 0 saturated carbocycles. The summed E-state index contributed by atoms with van der Waals surface area (Å²) in [6.07, 6.45) is 0. The minimum Gasteiger partial charge on any atom is -0.392 e. The molecule has 0 aliphatic rings. The Balaban J connectivity index is 2.78. The fraction of sp³-hybridized carbons (Fsp3) is 0.200. The van der Waals surface area contributed by atoms with Crippen LogP contribution in [0.3, 0.4) is 0 Å². The summed E-state index contributed by atoms with van der Waals surface area (Å²) in [5.41, 5.74) is 1.77. The van der Waals surface area contributed by atoms with Gasteiger partial charge < -0.3 is 5.11 Å². The van der Waals surface area contributed by atoms with Crippen molar-refractivity contribution in [3.8, 4) is 0 Å². The number of hydrogen-bond donors (Lipinski definition) is 1.